The fourth-order valence-corrected chi connectivity index (χ4v) is 4.63. The molecule has 2 aromatic carbocycles. The van der Waals surface area contributed by atoms with E-state index in [2.05, 4.69) is 10.1 Å². The van der Waals surface area contributed by atoms with Gasteiger partial charge in [0.25, 0.3) is 0 Å². The molecule has 9 heteroatoms. The molecule has 32 heavy (non-hydrogen) atoms. The number of fused-ring (bicyclic) bond motifs is 1. The number of hydrogen-bond acceptors (Lipinski definition) is 6. The minimum atomic E-state index is -0.562. The van der Waals surface area contributed by atoms with Gasteiger partial charge in [-0.05, 0) is 25.1 Å². The Morgan fingerprint density at radius 2 is 1.91 bits per heavy atom. The third-order valence-electron chi connectivity index (χ3n) is 4.91. The Balaban J connectivity index is 1.57. The summed E-state index contributed by atoms with van der Waals surface area (Å²) >= 11 is 13.5. The molecule has 0 radical (unpaired) electrons. The van der Waals surface area contributed by atoms with Crippen molar-refractivity contribution in [2.45, 2.75) is 6.92 Å². The molecule has 0 saturated heterocycles. The zero-order valence-corrected chi connectivity index (χ0v) is 18.8. The molecule has 0 aliphatic heterocycles. The number of hydrogen-bond donors (Lipinski definition) is 0. The zero-order valence-electron chi connectivity index (χ0n) is 16.5. The molecule has 6 nitrogen and oxygen atoms in total. The molecule has 0 spiro atoms. The molecular formula is C23H13Cl2N3O3S. The van der Waals surface area contributed by atoms with Crippen molar-refractivity contribution in [2.24, 2.45) is 0 Å². The summed E-state index contributed by atoms with van der Waals surface area (Å²) in [6.07, 6.45) is 2.38. The number of rotatable bonds is 4. The first-order valence-corrected chi connectivity index (χ1v) is 11.1. The lowest BCUT2D eigenvalue weighted by atomic mass is 10.1. The van der Waals surface area contributed by atoms with Crippen LogP contribution in [0.15, 0.2) is 63.3 Å². The van der Waals surface area contributed by atoms with E-state index >= 15 is 0 Å². The average Bonchev–Trinajstić information content (AvgIpc) is 3.41. The van der Waals surface area contributed by atoms with Crippen LogP contribution in [0.25, 0.3) is 38.6 Å². The highest BCUT2D eigenvalue weighted by Gasteiger charge is 2.17. The molecule has 0 bridgehead atoms. The third kappa shape index (κ3) is 3.64. The Kier molecular flexibility index (Phi) is 5.17. The number of aldehydes is 1. The highest BCUT2D eigenvalue weighted by Crippen LogP contribution is 2.31. The minimum absolute atomic E-state index is 0.261. The van der Waals surface area contributed by atoms with E-state index in [1.54, 1.807) is 23.7 Å². The molecule has 0 fully saturated rings. The molecule has 158 valence electrons. The van der Waals surface area contributed by atoms with Crippen molar-refractivity contribution in [3.8, 4) is 27.6 Å². The van der Waals surface area contributed by atoms with Crippen molar-refractivity contribution in [1.82, 2.24) is 14.8 Å². The van der Waals surface area contributed by atoms with Gasteiger partial charge in [-0.1, -0.05) is 53.0 Å². The predicted molar refractivity (Wildman–Crippen MR) is 126 cm³/mol. The second-order valence-electron chi connectivity index (χ2n) is 7.13. The van der Waals surface area contributed by atoms with Gasteiger partial charge in [-0.2, -0.15) is 5.10 Å². The summed E-state index contributed by atoms with van der Waals surface area (Å²) in [4.78, 5) is 28.7. The van der Waals surface area contributed by atoms with Crippen LogP contribution in [-0.4, -0.2) is 21.1 Å². The van der Waals surface area contributed by atoms with Crippen molar-refractivity contribution in [3.63, 3.8) is 0 Å². The van der Waals surface area contributed by atoms with Crippen LogP contribution in [0.3, 0.4) is 0 Å². The van der Waals surface area contributed by atoms with Gasteiger partial charge >= 0.3 is 5.63 Å². The van der Waals surface area contributed by atoms with E-state index in [4.69, 9.17) is 27.6 Å². The number of nitrogens with zero attached hydrogens (tertiary/aromatic N) is 3. The van der Waals surface area contributed by atoms with E-state index in [-0.39, 0.29) is 16.2 Å². The fourth-order valence-electron chi connectivity index (χ4n) is 3.34. The predicted octanol–water partition coefficient (Wildman–Crippen LogP) is 6.20. The Morgan fingerprint density at radius 3 is 2.66 bits per heavy atom. The van der Waals surface area contributed by atoms with Crippen LogP contribution in [-0.2, 0) is 0 Å². The lowest BCUT2D eigenvalue weighted by molar-refractivity contribution is 0.112. The number of carbonyl (C=O) groups excluding carboxylic acids is 1. The van der Waals surface area contributed by atoms with Crippen LogP contribution in [0.5, 0.6) is 0 Å². The molecule has 3 heterocycles. The van der Waals surface area contributed by atoms with E-state index in [0.717, 1.165) is 17.4 Å². The van der Waals surface area contributed by atoms with Gasteiger partial charge in [0.2, 0.25) is 5.13 Å². The van der Waals surface area contributed by atoms with Gasteiger partial charge in [-0.25, -0.2) is 14.5 Å². The maximum absolute atomic E-state index is 12.6. The number of carbonyl (C=O) groups is 1. The summed E-state index contributed by atoms with van der Waals surface area (Å²) in [5, 5.41) is 8.07. The first-order chi connectivity index (χ1) is 15.4. The molecule has 0 aliphatic carbocycles. The third-order valence-corrected chi connectivity index (χ3v) is 6.24. The minimum Gasteiger partial charge on any atom is -0.421 e. The Hall–Kier alpha value is -3.26. The average molecular weight is 482 g/mol. The van der Waals surface area contributed by atoms with Gasteiger partial charge in [-0.3, -0.25) is 4.79 Å². The zero-order chi connectivity index (χ0) is 22.4. The Labute approximate surface area is 195 Å². The summed E-state index contributed by atoms with van der Waals surface area (Å²) in [5.74, 6) is 0. The lowest BCUT2D eigenvalue weighted by Crippen LogP contribution is -2.03. The summed E-state index contributed by atoms with van der Waals surface area (Å²) in [6.45, 7) is 1.99. The van der Waals surface area contributed by atoms with Crippen molar-refractivity contribution < 1.29 is 9.21 Å². The number of aryl methyl sites for hydroxylation is 1. The molecule has 0 saturated carbocycles. The summed E-state index contributed by atoms with van der Waals surface area (Å²) < 4.78 is 6.94. The van der Waals surface area contributed by atoms with Gasteiger partial charge < -0.3 is 4.42 Å². The maximum Gasteiger partial charge on any atom is 0.345 e. The highest BCUT2D eigenvalue weighted by molar-refractivity contribution is 7.12. The van der Waals surface area contributed by atoms with Gasteiger partial charge in [0.1, 0.15) is 5.69 Å². The van der Waals surface area contributed by atoms with Gasteiger partial charge in [0.15, 0.2) is 11.9 Å². The smallest absolute Gasteiger partial charge is 0.345 e. The fraction of sp³-hybridized carbons (Fsp3) is 0.0435. The van der Waals surface area contributed by atoms with Crippen molar-refractivity contribution in [3.05, 3.63) is 85.6 Å². The highest BCUT2D eigenvalue weighted by atomic mass is 35.5. The lowest BCUT2D eigenvalue weighted by Gasteiger charge is -2.02. The molecule has 0 aliphatic rings. The summed E-state index contributed by atoms with van der Waals surface area (Å²) in [5.41, 5.74) is 3.36. The normalized spacial score (nSPS) is 11.2. The van der Waals surface area contributed by atoms with Crippen molar-refractivity contribution in [2.75, 3.05) is 0 Å². The van der Waals surface area contributed by atoms with Crippen LogP contribution >= 0.6 is 34.5 Å². The monoisotopic (exact) mass is 481 g/mol. The second kappa shape index (κ2) is 8.02. The molecule has 0 atom stereocenters. The first kappa shape index (κ1) is 20.6. The van der Waals surface area contributed by atoms with E-state index in [9.17, 15) is 9.59 Å². The van der Waals surface area contributed by atoms with E-state index in [1.165, 1.54) is 22.1 Å². The molecule has 5 rings (SSSR count). The topological polar surface area (TPSA) is 78.0 Å². The van der Waals surface area contributed by atoms with Crippen molar-refractivity contribution >= 4 is 51.8 Å². The van der Waals surface area contributed by atoms with Crippen LogP contribution < -0.4 is 5.63 Å². The molecule has 5 aromatic rings. The standard InChI is InChI=1S/C23H13Cl2N3O3S/c1-12-2-4-13(5-3-12)20-15(10-29)9-28(27-20)23-26-19(11-32-23)17-7-14-6-16(24)8-18(25)21(14)31-22(17)30/h2-11H,1H3. The number of halogens is 2. The van der Waals surface area contributed by atoms with Crippen molar-refractivity contribution in [1.29, 1.82) is 0 Å². The second-order valence-corrected chi connectivity index (χ2v) is 8.81. The van der Waals surface area contributed by atoms with Gasteiger partial charge in [-0.15, -0.1) is 11.3 Å². The number of benzene rings is 2. The van der Waals surface area contributed by atoms with Crippen LogP contribution in [0.2, 0.25) is 10.0 Å². The maximum atomic E-state index is 12.6. The quantitative estimate of drug-likeness (QED) is 0.225. The first-order valence-electron chi connectivity index (χ1n) is 9.44. The molecular weight excluding hydrogens is 469 g/mol. The Bertz CT molecular complexity index is 1550. The van der Waals surface area contributed by atoms with Gasteiger partial charge in [0, 0.05) is 27.5 Å². The number of aromatic nitrogens is 3. The largest absolute Gasteiger partial charge is 0.421 e. The van der Waals surface area contributed by atoms with Crippen LogP contribution in [0.4, 0.5) is 0 Å². The van der Waals surface area contributed by atoms with E-state index < -0.39 is 5.63 Å². The van der Waals surface area contributed by atoms with E-state index in [1.807, 2.05) is 31.2 Å². The van der Waals surface area contributed by atoms with Gasteiger partial charge in [0.05, 0.1) is 21.8 Å². The molecule has 0 amide bonds. The van der Waals surface area contributed by atoms with Crippen LogP contribution in [0, 0.1) is 6.92 Å². The number of thiazole rings is 1. The van der Waals surface area contributed by atoms with E-state index in [0.29, 0.717) is 32.5 Å². The molecule has 0 unspecified atom stereocenters. The summed E-state index contributed by atoms with van der Waals surface area (Å²) in [6, 6.07) is 12.6. The molecule has 3 aromatic heterocycles. The SMILES string of the molecule is Cc1ccc(-c2nn(-c3nc(-c4cc5cc(Cl)cc(Cl)c5oc4=O)cs3)cc2C=O)cc1. The van der Waals surface area contributed by atoms with Crippen LogP contribution in [0.1, 0.15) is 15.9 Å². The Morgan fingerprint density at radius 1 is 1.12 bits per heavy atom. The summed E-state index contributed by atoms with van der Waals surface area (Å²) in [7, 11) is 0. The molecule has 0 N–H and O–H groups in total.